The van der Waals surface area contributed by atoms with E-state index in [-0.39, 0.29) is 24.2 Å². The smallest absolute Gasteiger partial charge is 0.241 e. The van der Waals surface area contributed by atoms with Crippen molar-refractivity contribution in [1.82, 2.24) is 10.2 Å². The summed E-state index contributed by atoms with van der Waals surface area (Å²) in [6.45, 7) is 5.79. The van der Waals surface area contributed by atoms with Crippen molar-refractivity contribution in [3.05, 3.63) is 24.3 Å². The molecule has 3 rings (SSSR count). The minimum absolute atomic E-state index is 0.106. The molecule has 1 fully saturated rings. The van der Waals surface area contributed by atoms with E-state index in [1.54, 1.807) is 0 Å². The number of nitrogens with one attached hydrogen (secondary N) is 1. The van der Waals surface area contributed by atoms with Gasteiger partial charge in [0.05, 0.1) is 10.9 Å². The van der Waals surface area contributed by atoms with Crippen LogP contribution in [0, 0.1) is 11.3 Å². The maximum atomic E-state index is 12.7. The van der Waals surface area contributed by atoms with Crippen LogP contribution in [0.4, 0.5) is 5.82 Å². The third-order valence-corrected chi connectivity index (χ3v) is 4.40. The highest BCUT2D eigenvalue weighted by molar-refractivity contribution is 6.24. The maximum Gasteiger partial charge on any atom is 0.241 e. The zero-order valence-electron chi connectivity index (χ0n) is 11.8. The van der Waals surface area contributed by atoms with Crippen LogP contribution in [-0.2, 0) is 9.59 Å². The molecule has 2 aromatic rings. The number of para-hydroxylation sites is 1. The number of hydrogen-bond acceptors (Lipinski definition) is 3. The predicted molar refractivity (Wildman–Crippen MR) is 76.1 cm³/mol. The second-order valence-electron chi connectivity index (χ2n) is 5.88. The fraction of sp³-hybridized carbons (Fsp3) is 0.400. The fourth-order valence-electron chi connectivity index (χ4n) is 2.62. The molecule has 2 heterocycles. The van der Waals surface area contributed by atoms with Gasteiger partial charge in [0.1, 0.15) is 0 Å². The molecule has 0 radical (unpaired) electrons. The first-order valence-electron chi connectivity index (χ1n) is 6.75. The summed E-state index contributed by atoms with van der Waals surface area (Å²) < 4.78 is 0. The van der Waals surface area contributed by atoms with Crippen molar-refractivity contribution in [2.45, 2.75) is 27.2 Å². The van der Waals surface area contributed by atoms with Gasteiger partial charge in [0.2, 0.25) is 11.8 Å². The van der Waals surface area contributed by atoms with E-state index < -0.39 is 5.41 Å². The third kappa shape index (κ3) is 1.59. The Bertz CT molecular complexity index is 704. The van der Waals surface area contributed by atoms with Crippen molar-refractivity contribution < 1.29 is 9.59 Å². The number of rotatable bonds is 2. The highest BCUT2D eigenvalue weighted by atomic mass is 16.2. The second kappa shape index (κ2) is 4.16. The van der Waals surface area contributed by atoms with Crippen LogP contribution in [0.15, 0.2) is 24.3 Å². The Labute approximate surface area is 117 Å². The Balaban J connectivity index is 2.11. The molecule has 1 unspecified atom stereocenters. The van der Waals surface area contributed by atoms with Crippen molar-refractivity contribution in [2.75, 3.05) is 4.90 Å². The first-order chi connectivity index (χ1) is 9.45. The molecular formula is C15H17N3O2. The number of anilines is 1. The summed E-state index contributed by atoms with van der Waals surface area (Å²) in [6.07, 6.45) is 0.241. The number of nitrogens with zero attached hydrogens (tertiary/aromatic N) is 2. The van der Waals surface area contributed by atoms with Gasteiger partial charge >= 0.3 is 0 Å². The van der Waals surface area contributed by atoms with Crippen LogP contribution in [0.5, 0.6) is 0 Å². The Morgan fingerprint density at radius 2 is 2.00 bits per heavy atom. The molecule has 1 aliphatic rings. The fourth-order valence-corrected chi connectivity index (χ4v) is 2.62. The molecule has 0 bridgehead atoms. The van der Waals surface area contributed by atoms with E-state index in [0.29, 0.717) is 5.82 Å². The number of aromatic nitrogens is 2. The summed E-state index contributed by atoms with van der Waals surface area (Å²) in [6, 6.07) is 7.49. The highest BCUT2D eigenvalue weighted by Crippen LogP contribution is 2.42. The largest absolute Gasteiger partial charge is 0.276 e. The minimum atomic E-state index is -0.642. The van der Waals surface area contributed by atoms with Crippen molar-refractivity contribution in [2.24, 2.45) is 11.3 Å². The zero-order chi connectivity index (χ0) is 14.5. The van der Waals surface area contributed by atoms with E-state index in [2.05, 4.69) is 10.2 Å². The van der Waals surface area contributed by atoms with Gasteiger partial charge in [-0.3, -0.25) is 14.7 Å². The summed E-state index contributed by atoms with van der Waals surface area (Å²) in [7, 11) is 0. The van der Waals surface area contributed by atoms with E-state index in [1.165, 1.54) is 4.90 Å². The SMILES string of the molecule is CC(C)C1(C)CC(=O)N(c2n[nH]c3ccccc23)C1=O. The molecular weight excluding hydrogens is 254 g/mol. The molecule has 20 heavy (non-hydrogen) atoms. The number of benzene rings is 1. The molecule has 1 aliphatic heterocycles. The van der Waals surface area contributed by atoms with E-state index in [4.69, 9.17) is 0 Å². The van der Waals surface area contributed by atoms with Crippen LogP contribution in [0.25, 0.3) is 10.9 Å². The number of aromatic amines is 1. The lowest BCUT2D eigenvalue weighted by atomic mass is 9.78. The van der Waals surface area contributed by atoms with Gasteiger partial charge in [-0.05, 0) is 25.0 Å². The van der Waals surface area contributed by atoms with Gasteiger partial charge in [0, 0.05) is 11.8 Å². The van der Waals surface area contributed by atoms with Crippen LogP contribution >= 0.6 is 0 Å². The summed E-state index contributed by atoms with van der Waals surface area (Å²) in [5.74, 6) is 0.187. The number of carbonyl (C=O) groups excluding carboxylic acids is 2. The second-order valence-corrected chi connectivity index (χ2v) is 5.88. The van der Waals surface area contributed by atoms with E-state index >= 15 is 0 Å². The van der Waals surface area contributed by atoms with Crippen molar-refractivity contribution >= 4 is 28.5 Å². The monoisotopic (exact) mass is 271 g/mol. The predicted octanol–water partition coefficient (Wildman–Crippen LogP) is 2.49. The number of fused-ring (bicyclic) bond motifs is 1. The van der Waals surface area contributed by atoms with Gasteiger partial charge in [-0.2, -0.15) is 5.10 Å². The van der Waals surface area contributed by atoms with Crippen molar-refractivity contribution in [3.8, 4) is 0 Å². The van der Waals surface area contributed by atoms with E-state index in [9.17, 15) is 9.59 Å². The van der Waals surface area contributed by atoms with Crippen LogP contribution in [-0.4, -0.2) is 22.0 Å². The van der Waals surface area contributed by atoms with Gasteiger partial charge in [0.25, 0.3) is 0 Å². The molecule has 1 aromatic heterocycles. The standard InChI is InChI=1S/C15H17N3O2/c1-9(2)15(3)8-12(19)18(14(15)20)13-10-6-4-5-7-11(10)16-17-13/h4-7,9H,8H2,1-3H3,(H,16,17). The Morgan fingerprint density at radius 1 is 1.30 bits per heavy atom. The van der Waals surface area contributed by atoms with Gasteiger partial charge in [-0.15, -0.1) is 0 Å². The van der Waals surface area contributed by atoms with Crippen molar-refractivity contribution in [1.29, 1.82) is 0 Å². The zero-order valence-corrected chi connectivity index (χ0v) is 11.8. The molecule has 104 valence electrons. The quantitative estimate of drug-likeness (QED) is 0.853. The Hall–Kier alpha value is -2.17. The molecule has 0 saturated carbocycles. The average Bonchev–Trinajstić information content (AvgIpc) is 2.91. The van der Waals surface area contributed by atoms with E-state index in [1.807, 2.05) is 45.0 Å². The summed E-state index contributed by atoms with van der Waals surface area (Å²) in [5, 5.41) is 7.82. The number of H-pyrrole nitrogens is 1. The van der Waals surface area contributed by atoms with Crippen LogP contribution in [0.1, 0.15) is 27.2 Å². The molecule has 0 aliphatic carbocycles. The lowest BCUT2D eigenvalue weighted by molar-refractivity contribution is -0.126. The normalized spacial score (nSPS) is 23.3. The molecule has 2 amide bonds. The Morgan fingerprint density at radius 3 is 2.65 bits per heavy atom. The number of carbonyl (C=O) groups is 2. The molecule has 5 nitrogen and oxygen atoms in total. The topological polar surface area (TPSA) is 66.1 Å². The van der Waals surface area contributed by atoms with Gasteiger partial charge in [-0.1, -0.05) is 26.0 Å². The molecule has 1 atom stereocenters. The summed E-state index contributed by atoms with van der Waals surface area (Å²) in [4.78, 5) is 26.2. The van der Waals surface area contributed by atoms with Crippen molar-refractivity contribution in [3.63, 3.8) is 0 Å². The number of imide groups is 1. The molecule has 1 saturated heterocycles. The highest BCUT2D eigenvalue weighted by Gasteiger charge is 2.51. The first kappa shape index (κ1) is 12.8. The maximum absolute atomic E-state index is 12.7. The number of amides is 2. The van der Waals surface area contributed by atoms with E-state index in [0.717, 1.165) is 10.9 Å². The van der Waals surface area contributed by atoms with Crippen LogP contribution in [0.2, 0.25) is 0 Å². The van der Waals surface area contributed by atoms with Crippen LogP contribution in [0.3, 0.4) is 0 Å². The third-order valence-electron chi connectivity index (χ3n) is 4.40. The summed E-state index contributed by atoms with van der Waals surface area (Å²) >= 11 is 0. The molecule has 0 spiro atoms. The molecule has 1 aromatic carbocycles. The van der Waals surface area contributed by atoms with Gasteiger partial charge in [-0.25, -0.2) is 4.90 Å². The lowest BCUT2D eigenvalue weighted by Gasteiger charge is -2.25. The van der Waals surface area contributed by atoms with Gasteiger partial charge in [0.15, 0.2) is 5.82 Å². The summed E-state index contributed by atoms with van der Waals surface area (Å²) in [5.41, 5.74) is 0.179. The number of hydrogen-bond donors (Lipinski definition) is 1. The lowest BCUT2D eigenvalue weighted by Crippen LogP contribution is -2.37. The molecule has 1 N–H and O–H groups in total. The average molecular weight is 271 g/mol. The Kier molecular flexibility index (Phi) is 2.67. The van der Waals surface area contributed by atoms with Crippen LogP contribution < -0.4 is 4.90 Å². The molecule has 5 heteroatoms. The minimum Gasteiger partial charge on any atom is -0.276 e. The first-order valence-corrected chi connectivity index (χ1v) is 6.75. The van der Waals surface area contributed by atoms with Gasteiger partial charge < -0.3 is 0 Å².